The van der Waals surface area contributed by atoms with E-state index in [1.54, 1.807) is 0 Å². The predicted octanol–water partition coefficient (Wildman–Crippen LogP) is 3.59. The maximum absolute atomic E-state index is 12.9. The van der Waals surface area contributed by atoms with Crippen LogP contribution in [-0.2, 0) is 12.7 Å². The summed E-state index contributed by atoms with van der Waals surface area (Å²) >= 11 is 0. The molecule has 2 aromatic heterocycles. The number of halogens is 3. The zero-order valence-electron chi connectivity index (χ0n) is 13.7. The first-order valence-corrected chi connectivity index (χ1v) is 7.62. The molecule has 1 aromatic carbocycles. The van der Waals surface area contributed by atoms with Crippen LogP contribution in [0.2, 0.25) is 0 Å². The third-order valence-corrected chi connectivity index (χ3v) is 3.36. The van der Waals surface area contributed by atoms with E-state index >= 15 is 0 Å². The number of carbonyl (C=O) groups excluding carboxylic acids is 1. The summed E-state index contributed by atoms with van der Waals surface area (Å²) in [5, 5.41) is 2.42. The Bertz CT molecular complexity index is 943. The fourth-order valence-electron chi connectivity index (χ4n) is 2.15. The van der Waals surface area contributed by atoms with Gasteiger partial charge in [0.25, 0.3) is 5.91 Å². The number of oxazole rings is 1. The molecule has 2 heterocycles. The molecule has 0 unspecified atom stereocenters. The molecule has 0 saturated heterocycles. The largest absolute Gasteiger partial charge is 0.439 e. The summed E-state index contributed by atoms with van der Waals surface area (Å²) < 4.78 is 49.2. The molecule has 3 aromatic rings. The highest BCUT2D eigenvalue weighted by molar-refractivity contribution is 6.03. The molecule has 0 aliphatic carbocycles. The molecule has 3 rings (SSSR count). The van der Waals surface area contributed by atoms with Gasteiger partial charge in [0.05, 0.1) is 6.20 Å². The molecule has 140 valence electrons. The molecule has 0 atom stereocenters. The molecule has 0 aliphatic rings. The summed E-state index contributed by atoms with van der Waals surface area (Å²) in [6.45, 7) is -0.111. The number of ether oxygens (including phenoxy) is 1. The minimum Gasteiger partial charge on any atom is -0.439 e. The van der Waals surface area contributed by atoms with Gasteiger partial charge in [-0.3, -0.25) is 10.1 Å². The lowest BCUT2D eigenvalue weighted by Crippen LogP contribution is -2.12. The lowest BCUT2D eigenvalue weighted by molar-refractivity contribution is -0.141. The van der Waals surface area contributed by atoms with Crippen LogP contribution in [0.3, 0.4) is 0 Å². The number of nitrogens with zero attached hydrogens (tertiary/aromatic N) is 2. The van der Waals surface area contributed by atoms with Crippen LogP contribution in [-0.4, -0.2) is 15.9 Å². The third-order valence-electron chi connectivity index (χ3n) is 3.36. The molecule has 3 N–H and O–H groups in total. The van der Waals surface area contributed by atoms with Crippen molar-refractivity contribution in [2.45, 2.75) is 12.7 Å². The van der Waals surface area contributed by atoms with Crippen molar-refractivity contribution in [3.05, 3.63) is 65.7 Å². The van der Waals surface area contributed by atoms with Crippen molar-refractivity contribution < 1.29 is 27.1 Å². The summed E-state index contributed by atoms with van der Waals surface area (Å²) in [6.07, 6.45) is -1.98. The minimum absolute atomic E-state index is 0.0125. The smallest absolute Gasteiger partial charge is 0.433 e. The van der Waals surface area contributed by atoms with Gasteiger partial charge in [0.2, 0.25) is 5.88 Å². The van der Waals surface area contributed by atoms with Gasteiger partial charge < -0.3 is 14.9 Å². The molecule has 0 fully saturated rings. The molecule has 0 radical (unpaired) electrons. The summed E-state index contributed by atoms with van der Waals surface area (Å²) in [6, 6.07) is 8.00. The second-order valence-corrected chi connectivity index (χ2v) is 5.32. The fourth-order valence-corrected chi connectivity index (χ4v) is 2.15. The maximum atomic E-state index is 12.9. The van der Waals surface area contributed by atoms with Crippen LogP contribution < -0.4 is 15.8 Å². The Morgan fingerprint density at radius 2 is 2.07 bits per heavy atom. The number of benzene rings is 1. The monoisotopic (exact) mass is 378 g/mol. The van der Waals surface area contributed by atoms with Crippen molar-refractivity contribution in [3.8, 4) is 11.6 Å². The Labute approximate surface area is 151 Å². The van der Waals surface area contributed by atoms with E-state index in [0.29, 0.717) is 0 Å². The van der Waals surface area contributed by atoms with Crippen LogP contribution in [0.1, 0.15) is 21.6 Å². The minimum atomic E-state index is -4.64. The number of aromatic nitrogens is 2. The first kappa shape index (κ1) is 18.4. The average molecular weight is 378 g/mol. The van der Waals surface area contributed by atoms with Crippen LogP contribution in [0.25, 0.3) is 0 Å². The Balaban J connectivity index is 1.83. The van der Waals surface area contributed by atoms with Gasteiger partial charge >= 0.3 is 12.2 Å². The number of nitrogens with two attached hydrogens (primary N) is 1. The van der Waals surface area contributed by atoms with E-state index in [9.17, 15) is 18.0 Å². The number of nitrogens with one attached hydrogen (secondary N) is 1. The molecule has 10 heteroatoms. The van der Waals surface area contributed by atoms with Crippen molar-refractivity contribution in [2.24, 2.45) is 5.73 Å². The van der Waals surface area contributed by atoms with E-state index in [1.807, 2.05) is 0 Å². The second-order valence-electron chi connectivity index (χ2n) is 5.32. The van der Waals surface area contributed by atoms with E-state index in [4.69, 9.17) is 14.9 Å². The number of hydrogen-bond donors (Lipinski definition) is 2. The van der Waals surface area contributed by atoms with E-state index < -0.39 is 17.8 Å². The van der Waals surface area contributed by atoms with Crippen molar-refractivity contribution in [3.63, 3.8) is 0 Å². The maximum Gasteiger partial charge on any atom is 0.433 e. The van der Waals surface area contributed by atoms with Crippen molar-refractivity contribution in [1.29, 1.82) is 0 Å². The number of hydrogen-bond acceptors (Lipinski definition) is 6. The molecule has 27 heavy (non-hydrogen) atoms. The van der Waals surface area contributed by atoms with Gasteiger partial charge in [-0.2, -0.15) is 13.2 Å². The number of alkyl halides is 3. The van der Waals surface area contributed by atoms with Crippen LogP contribution in [0.5, 0.6) is 11.6 Å². The molecule has 0 aliphatic heterocycles. The van der Waals surface area contributed by atoms with Crippen LogP contribution >= 0.6 is 0 Å². The van der Waals surface area contributed by atoms with Crippen molar-refractivity contribution in [2.75, 3.05) is 5.32 Å². The van der Waals surface area contributed by atoms with Gasteiger partial charge in [0.15, 0.2) is 0 Å². The van der Waals surface area contributed by atoms with E-state index in [0.717, 1.165) is 6.07 Å². The summed E-state index contributed by atoms with van der Waals surface area (Å²) in [7, 11) is 0. The van der Waals surface area contributed by atoms with Crippen LogP contribution in [0.4, 0.5) is 19.2 Å². The number of anilines is 1. The number of carbonyl (C=O) groups is 1. The lowest BCUT2D eigenvalue weighted by Gasteiger charge is -2.11. The quantitative estimate of drug-likeness (QED) is 0.703. The molecule has 0 saturated carbocycles. The van der Waals surface area contributed by atoms with Crippen molar-refractivity contribution >= 4 is 11.9 Å². The lowest BCUT2D eigenvalue weighted by atomic mass is 10.2. The SMILES string of the molecule is NCc1cc(Oc2cccc(C(=O)Nc3ncco3)c2)nc(C(F)(F)F)c1. The predicted molar refractivity (Wildman–Crippen MR) is 88.1 cm³/mol. The van der Waals surface area contributed by atoms with Gasteiger partial charge in [0, 0.05) is 18.2 Å². The van der Waals surface area contributed by atoms with Gasteiger partial charge in [-0.25, -0.2) is 9.97 Å². The highest BCUT2D eigenvalue weighted by Crippen LogP contribution is 2.31. The number of pyridine rings is 1. The first-order chi connectivity index (χ1) is 12.8. The van der Waals surface area contributed by atoms with Gasteiger partial charge in [0.1, 0.15) is 17.7 Å². The Morgan fingerprint density at radius 3 is 2.74 bits per heavy atom. The first-order valence-electron chi connectivity index (χ1n) is 7.62. The molecule has 0 spiro atoms. The summed E-state index contributed by atoms with van der Waals surface area (Å²) in [5.74, 6) is -0.678. The van der Waals surface area contributed by atoms with Gasteiger partial charge in [-0.15, -0.1) is 0 Å². The highest BCUT2D eigenvalue weighted by Gasteiger charge is 2.33. The Morgan fingerprint density at radius 1 is 1.26 bits per heavy atom. The topological polar surface area (TPSA) is 103 Å². The Kier molecular flexibility index (Phi) is 5.08. The molecular formula is C17H13F3N4O3. The normalized spacial score (nSPS) is 11.3. The molecule has 1 amide bonds. The molecule has 0 bridgehead atoms. The summed E-state index contributed by atoms with van der Waals surface area (Å²) in [5.41, 5.74) is 4.73. The van der Waals surface area contributed by atoms with Crippen LogP contribution in [0, 0.1) is 0 Å². The van der Waals surface area contributed by atoms with E-state index in [-0.39, 0.29) is 35.3 Å². The second kappa shape index (κ2) is 7.46. The Hall–Kier alpha value is -3.40. The number of rotatable bonds is 5. The van der Waals surface area contributed by atoms with Crippen molar-refractivity contribution in [1.82, 2.24) is 9.97 Å². The van der Waals surface area contributed by atoms with E-state index in [1.165, 1.54) is 42.8 Å². The van der Waals surface area contributed by atoms with E-state index in [2.05, 4.69) is 15.3 Å². The zero-order valence-corrected chi connectivity index (χ0v) is 13.7. The molecular weight excluding hydrogens is 365 g/mol. The van der Waals surface area contributed by atoms with Gasteiger partial charge in [-0.1, -0.05) is 6.07 Å². The van der Waals surface area contributed by atoms with Gasteiger partial charge in [-0.05, 0) is 29.8 Å². The standard InChI is InChI=1S/C17H13F3N4O3/c18-17(19,20)13-6-10(9-21)7-14(23-13)27-12-3-1-2-11(8-12)15(25)24-16-22-4-5-26-16/h1-8H,9,21H2,(H,22,24,25). The summed E-state index contributed by atoms with van der Waals surface area (Å²) in [4.78, 5) is 19.4. The zero-order chi connectivity index (χ0) is 19.4. The van der Waals surface area contributed by atoms with Crippen LogP contribution in [0.15, 0.2) is 53.3 Å². The number of amides is 1. The molecule has 7 nitrogen and oxygen atoms in total. The highest BCUT2D eigenvalue weighted by atomic mass is 19.4. The average Bonchev–Trinajstić information content (AvgIpc) is 3.14. The third kappa shape index (κ3) is 4.61. The fraction of sp³-hybridized carbons (Fsp3) is 0.118.